The summed E-state index contributed by atoms with van der Waals surface area (Å²) in [5.74, 6) is -0.124. The number of aliphatic hydroxyl groups excluding tert-OH is 1. The molecular formula is C8H15O3. The van der Waals surface area contributed by atoms with E-state index in [0.29, 0.717) is 19.4 Å². The van der Waals surface area contributed by atoms with Crippen molar-refractivity contribution < 1.29 is 14.6 Å². The zero-order valence-corrected chi connectivity index (χ0v) is 7.04. The monoisotopic (exact) mass is 159 g/mol. The fraction of sp³-hybridized carbons (Fsp3) is 0.750. The van der Waals surface area contributed by atoms with Crippen LogP contribution in [0.3, 0.4) is 0 Å². The summed E-state index contributed by atoms with van der Waals surface area (Å²) in [7, 11) is 0. The highest BCUT2D eigenvalue weighted by molar-refractivity contribution is 5.69. The van der Waals surface area contributed by atoms with Crippen LogP contribution in [0.2, 0.25) is 0 Å². The van der Waals surface area contributed by atoms with Crippen LogP contribution in [-0.2, 0) is 9.53 Å². The Bertz CT molecular complexity index is 112. The van der Waals surface area contributed by atoms with Gasteiger partial charge in [0.2, 0.25) is 0 Å². The van der Waals surface area contributed by atoms with E-state index in [2.05, 4.69) is 0 Å². The molecule has 3 heteroatoms. The van der Waals surface area contributed by atoms with Crippen LogP contribution in [0.25, 0.3) is 0 Å². The summed E-state index contributed by atoms with van der Waals surface area (Å²) in [6.45, 7) is 5.15. The molecule has 0 fully saturated rings. The Kier molecular flexibility index (Phi) is 5.84. The SMILES string of the molecule is CCOC(=O)CCC(C)[CH]O. The van der Waals surface area contributed by atoms with Crippen LogP contribution in [0.1, 0.15) is 26.7 Å². The molecule has 3 nitrogen and oxygen atoms in total. The molecule has 0 aromatic carbocycles. The van der Waals surface area contributed by atoms with Crippen LogP contribution < -0.4 is 0 Å². The zero-order chi connectivity index (χ0) is 8.69. The maximum absolute atomic E-state index is 10.7. The Morgan fingerprint density at radius 1 is 1.73 bits per heavy atom. The first-order valence-corrected chi connectivity index (χ1v) is 3.83. The van der Waals surface area contributed by atoms with Gasteiger partial charge in [0.1, 0.15) is 0 Å². The van der Waals surface area contributed by atoms with Crippen LogP contribution in [0.4, 0.5) is 0 Å². The van der Waals surface area contributed by atoms with E-state index in [-0.39, 0.29) is 11.9 Å². The minimum Gasteiger partial charge on any atom is -0.466 e. The maximum atomic E-state index is 10.7. The first-order chi connectivity index (χ1) is 5.20. The zero-order valence-electron chi connectivity index (χ0n) is 7.04. The molecule has 0 aliphatic rings. The van der Waals surface area contributed by atoms with E-state index in [4.69, 9.17) is 9.84 Å². The summed E-state index contributed by atoms with van der Waals surface area (Å²) >= 11 is 0. The molecule has 65 valence electrons. The van der Waals surface area contributed by atoms with Gasteiger partial charge in [0.15, 0.2) is 0 Å². The highest BCUT2D eigenvalue weighted by Gasteiger charge is 2.05. The lowest BCUT2D eigenvalue weighted by Crippen LogP contribution is -2.06. The van der Waals surface area contributed by atoms with E-state index in [1.165, 1.54) is 0 Å². The van der Waals surface area contributed by atoms with Crippen molar-refractivity contribution in [3.8, 4) is 0 Å². The van der Waals surface area contributed by atoms with E-state index < -0.39 is 0 Å². The molecule has 0 heterocycles. The Labute approximate surface area is 67.4 Å². The fourth-order valence-corrected chi connectivity index (χ4v) is 0.653. The van der Waals surface area contributed by atoms with Gasteiger partial charge in [0.05, 0.1) is 13.2 Å². The fourth-order valence-electron chi connectivity index (χ4n) is 0.653. The second-order valence-electron chi connectivity index (χ2n) is 2.47. The van der Waals surface area contributed by atoms with Crippen molar-refractivity contribution in [2.75, 3.05) is 6.61 Å². The standard InChI is InChI=1S/C8H15O3/c1-3-11-8(10)5-4-7(2)6-9/h6-7,9H,3-5H2,1-2H3. The third-order valence-electron chi connectivity index (χ3n) is 1.36. The average Bonchev–Trinajstić information content (AvgIpc) is 2.01. The predicted molar refractivity (Wildman–Crippen MR) is 41.3 cm³/mol. The van der Waals surface area contributed by atoms with Crippen molar-refractivity contribution >= 4 is 5.97 Å². The number of hydrogen-bond acceptors (Lipinski definition) is 3. The average molecular weight is 159 g/mol. The second-order valence-corrected chi connectivity index (χ2v) is 2.47. The molecular weight excluding hydrogens is 144 g/mol. The molecule has 0 aromatic rings. The van der Waals surface area contributed by atoms with Crippen LogP contribution in [0.5, 0.6) is 0 Å². The third-order valence-corrected chi connectivity index (χ3v) is 1.36. The van der Waals surface area contributed by atoms with E-state index in [1.54, 1.807) is 6.92 Å². The first-order valence-electron chi connectivity index (χ1n) is 3.83. The van der Waals surface area contributed by atoms with Gasteiger partial charge in [-0.1, -0.05) is 6.92 Å². The lowest BCUT2D eigenvalue weighted by atomic mass is 10.1. The molecule has 1 unspecified atom stereocenters. The van der Waals surface area contributed by atoms with Gasteiger partial charge in [-0.15, -0.1) is 0 Å². The lowest BCUT2D eigenvalue weighted by molar-refractivity contribution is -0.143. The predicted octanol–water partition coefficient (Wildman–Crippen LogP) is 1.50. The molecule has 1 atom stereocenters. The number of carbonyl (C=O) groups excluding carboxylic acids is 1. The molecule has 11 heavy (non-hydrogen) atoms. The molecule has 0 aliphatic carbocycles. The smallest absolute Gasteiger partial charge is 0.305 e. The summed E-state index contributed by atoms with van der Waals surface area (Å²) in [6.07, 6.45) is 1.03. The second kappa shape index (κ2) is 6.16. The van der Waals surface area contributed by atoms with Gasteiger partial charge >= 0.3 is 5.97 Å². The molecule has 1 N–H and O–H groups in total. The molecule has 1 radical (unpaired) electrons. The van der Waals surface area contributed by atoms with E-state index in [9.17, 15) is 4.79 Å². The maximum Gasteiger partial charge on any atom is 0.305 e. The van der Waals surface area contributed by atoms with Crippen molar-refractivity contribution in [2.24, 2.45) is 5.92 Å². The number of esters is 1. The minimum absolute atomic E-state index is 0.0689. The van der Waals surface area contributed by atoms with Crippen LogP contribution >= 0.6 is 0 Å². The molecule has 0 spiro atoms. The van der Waals surface area contributed by atoms with Crippen LogP contribution in [0, 0.1) is 12.5 Å². The molecule has 0 aliphatic heterocycles. The van der Waals surface area contributed by atoms with Crippen LogP contribution in [0.15, 0.2) is 0 Å². The van der Waals surface area contributed by atoms with Gasteiger partial charge in [-0.2, -0.15) is 0 Å². The van der Waals surface area contributed by atoms with Gasteiger partial charge in [-0.05, 0) is 19.3 Å². The van der Waals surface area contributed by atoms with Crippen molar-refractivity contribution in [3.05, 3.63) is 6.61 Å². The highest BCUT2D eigenvalue weighted by Crippen LogP contribution is 2.07. The van der Waals surface area contributed by atoms with Crippen molar-refractivity contribution in [1.29, 1.82) is 0 Å². The van der Waals surface area contributed by atoms with Crippen LogP contribution in [-0.4, -0.2) is 17.7 Å². The number of ether oxygens (including phenoxy) is 1. The summed E-state index contributed by atoms with van der Waals surface area (Å²) < 4.78 is 4.70. The van der Waals surface area contributed by atoms with E-state index >= 15 is 0 Å². The molecule has 0 saturated heterocycles. The van der Waals surface area contributed by atoms with E-state index in [0.717, 1.165) is 6.61 Å². The minimum atomic E-state index is -0.193. The van der Waals surface area contributed by atoms with Crippen molar-refractivity contribution in [2.45, 2.75) is 26.7 Å². The largest absolute Gasteiger partial charge is 0.466 e. The van der Waals surface area contributed by atoms with Crippen molar-refractivity contribution in [1.82, 2.24) is 0 Å². The first kappa shape index (κ1) is 10.4. The Balaban J connectivity index is 3.30. The van der Waals surface area contributed by atoms with Gasteiger partial charge < -0.3 is 9.84 Å². The number of hydrogen-bond donors (Lipinski definition) is 1. The summed E-state index contributed by atoms with van der Waals surface area (Å²) in [5.41, 5.74) is 0. The van der Waals surface area contributed by atoms with Gasteiger partial charge in [0, 0.05) is 6.42 Å². The number of carbonyl (C=O) groups is 1. The quantitative estimate of drug-likeness (QED) is 0.618. The normalized spacial score (nSPS) is 12.6. The molecule has 0 aromatic heterocycles. The molecule has 0 rings (SSSR count). The van der Waals surface area contributed by atoms with E-state index in [1.807, 2.05) is 6.92 Å². The third kappa shape index (κ3) is 5.85. The Morgan fingerprint density at radius 2 is 2.36 bits per heavy atom. The van der Waals surface area contributed by atoms with Gasteiger partial charge in [-0.25, -0.2) is 0 Å². The van der Waals surface area contributed by atoms with Crippen molar-refractivity contribution in [3.63, 3.8) is 0 Å². The molecule has 0 amide bonds. The summed E-state index contributed by atoms with van der Waals surface area (Å²) in [4.78, 5) is 10.7. The van der Waals surface area contributed by atoms with Gasteiger partial charge in [-0.3, -0.25) is 4.79 Å². The van der Waals surface area contributed by atoms with Gasteiger partial charge in [0.25, 0.3) is 0 Å². The molecule has 0 saturated carbocycles. The Hall–Kier alpha value is -0.570. The topological polar surface area (TPSA) is 46.5 Å². The number of rotatable bonds is 5. The summed E-state index contributed by atoms with van der Waals surface area (Å²) in [5, 5.41) is 8.50. The lowest BCUT2D eigenvalue weighted by Gasteiger charge is -2.05. The highest BCUT2D eigenvalue weighted by atomic mass is 16.5. The number of aliphatic hydroxyl groups is 1. The molecule has 0 bridgehead atoms. The Morgan fingerprint density at radius 3 is 2.82 bits per heavy atom. The summed E-state index contributed by atoms with van der Waals surface area (Å²) in [6, 6.07) is 0.